The molecule has 0 saturated heterocycles. The zero-order valence-electron chi connectivity index (χ0n) is 18.9. The number of aliphatic carboxylic acids is 4. The summed E-state index contributed by atoms with van der Waals surface area (Å²) in [5, 5.41) is 29.7. The van der Waals surface area contributed by atoms with Crippen molar-refractivity contribution in [3.63, 3.8) is 0 Å². The molecule has 0 fully saturated rings. The number of carboxylic acids is 4. The van der Waals surface area contributed by atoms with E-state index in [0.29, 0.717) is 6.54 Å². The van der Waals surface area contributed by atoms with E-state index in [2.05, 4.69) is 0 Å². The van der Waals surface area contributed by atoms with E-state index in [-0.39, 0.29) is 79.7 Å². The van der Waals surface area contributed by atoms with Crippen molar-refractivity contribution < 1.29 is 119 Å². The van der Waals surface area contributed by atoms with Gasteiger partial charge in [0.15, 0.2) is 0 Å². The number of nitrogens with two attached hydrogens (primary N) is 2. The smallest absolute Gasteiger partial charge is 1.00 e. The Kier molecular flexibility index (Phi) is 133. The second kappa shape index (κ2) is 56.7. The molecule has 14 heteroatoms. The van der Waals surface area contributed by atoms with Gasteiger partial charge >= 0.3 is 75.4 Å². The average molecular weight is 330 g/mol. The van der Waals surface area contributed by atoms with Gasteiger partial charge in [0.25, 0.3) is 23.9 Å². The Balaban J connectivity index is -0.00000000978. The molecule has 0 saturated carbocycles. The summed E-state index contributed by atoms with van der Waals surface area (Å²) in [5.41, 5.74) is 9.62. The third-order valence-electron chi connectivity index (χ3n) is 0.136. The summed E-state index contributed by atoms with van der Waals surface area (Å²) in [7, 11) is 0. The zero-order chi connectivity index (χ0) is 17.7. The SMILES string of the molecule is CC(=O)O.CC(=O)O.CC(=O)O.CC(=O)O.N[CH-]CN.[H-].[H-].[H-].[Li+].[Li+].[Li+].[Li+]. The van der Waals surface area contributed by atoms with Gasteiger partial charge in [0.1, 0.15) is 0 Å². The summed E-state index contributed by atoms with van der Waals surface area (Å²) in [5.74, 6) is -3.33. The molecule has 0 unspecified atom stereocenters. The van der Waals surface area contributed by atoms with Crippen LogP contribution in [-0.2, 0) is 19.2 Å². The molecule has 24 heavy (non-hydrogen) atoms. The van der Waals surface area contributed by atoms with Crippen LogP contribution < -0.4 is 86.9 Å². The summed E-state index contributed by atoms with van der Waals surface area (Å²) in [6, 6.07) is 0. The monoisotopic (exact) mass is 330 g/mol. The third-order valence-corrected chi connectivity index (χ3v) is 0.136. The maximum absolute atomic E-state index is 9.00. The first-order chi connectivity index (χ1) is 8.84. The Bertz CT molecular complexity index is 219. The standard InChI is InChI=1S/C2H7N2.4C2H4O2.4Li.3H/c3-1-2-4;4*1-2(3)4;;;;;;;/h1H,2-4H2;4*1H3,(H,3,4);;;;;;;/q-1;;;;;4*+1;3*-1. The van der Waals surface area contributed by atoms with E-state index in [9.17, 15) is 0 Å². The van der Waals surface area contributed by atoms with E-state index >= 15 is 0 Å². The maximum atomic E-state index is 9.00. The summed E-state index contributed by atoms with van der Waals surface area (Å²) in [4.78, 5) is 36.0. The van der Waals surface area contributed by atoms with Gasteiger partial charge in [-0.2, -0.15) is 0 Å². The number of hydrogen-bond donors (Lipinski definition) is 6. The van der Waals surface area contributed by atoms with Crippen LogP contribution in [0.25, 0.3) is 0 Å². The van der Waals surface area contributed by atoms with Gasteiger partial charge in [0, 0.05) is 27.7 Å². The minimum atomic E-state index is -0.833. The van der Waals surface area contributed by atoms with E-state index in [1.54, 1.807) is 0 Å². The summed E-state index contributed by atoms with van der Waals surface area (Å²) >= 11 is 0. The van der Waals surface area contributed by atoms with Gasteiger partial charge in [-0.1, -0.05) is 0 Å². The molecule has 0 radical (unpaired) electrons. The second-order valence-corrected chi connectivity index (χ2v) is 2.55. The average Bonchev–Trinajstić information content (AvgIpc) is 2.13. The summed E-state index contributed by atoms with van der Waals surface area (Å²) in [6.45, 7) is 6.21. The minimum absolute atomic E-state index is 0. The molecule has 0 aliphatic rings. The second-order valence-electron chi connectivity index (χ2n) is 2.55. The van der Waals surface area contributed by atoms with Crippen molar-refractivity contribution in [2.75, 3.05) is 6.54 Å². The van der Waals surface area contributed by atoms with Crippen LogP contribution in [0.3, 0.4) is 0 Å². The van der Waals surface area contributed by atoms with Crippen molar-refractivity contribution in [3.8, 4) is 0 Å². The predicted molar refractivity (Wildman–Crippen MR) is 74.1 cm³/mol. The fraction of sp³-hybridized carbons (Fsp3) is 0.500. The van der Waals surface area contributed by atoms with Crippen molar-refractivity contribution in [2.45, 2.75) is 27.7 Å². The van der Waals surface area contributed by atoms with E-state index in [1.807, 2.05) is 0 Å². The van der Waals surface area contributed by atoms with Crippen molar-refractivity contribution in [1.82, 2.24) is 0 Å². The van der Waals surface area contributed by atoms with Crippen LogP contribution in [0.1, 0.15) is 32.0 Å². The van der Waals surface area contributed by atoms with Crippen molar-refractivity contribution in [2.24, 2.45) is 11.5 Å². The molecule has 128 valence electrons. The maximum Gasteiger partial charge on any atom is 1.00 e. The topological polar surface area (TPSA) is 201 Å². The molecule has 0 aromatic rings. The van der Waals surface area contributed by atoms with E-state index in [1.165, 1.54) is 6.54 Å². The van der Waals surface area contributed by atoms with Gasteiger partial charge in [0.05, 0.1) is 0 Å². The molecule has 0 heterocycles. The Hall–Kier alpha value is 0.190. The molecule has 10 nitrogen and oxygen atoms in total. The van der Waals surface area contributed by atoms with Crippen LogP contribution in [0.15, 0.2) is 0 Å². The molecule has 0 amide bonds. The van der Waals surface area contributed by atoms with Crippen molar-refractivity contribution >= 4 is 23.9 Å². The van der Waals surface area contributed by atoms with Crippen LogP contribution in [0, 0.1) is 6.54 Å². The van der Waals surface area contributed by atoms with Crippen LogP contribution in [0.5, 0.6) is 0 Å². The molecular weight excluding hydrogens is 304 g/mol. The molecule has 0 spiro atoms. The van der Waals surface area contributed by atoms with Gasteiger partial charge in [-0.15, -0.1) is 6.54 Å². The molecule has 0 aliphatic heterocycles. The first kappa shape index (κ1) is 56.4. The molecular formula is C10H26Li4N2O8. The fourth-order valence-electron chi connectivity index (χ4n) is 0. The molecule has 0 bridgehead atoms. The first-order valence-electron chi connectivity index (χ1n) is 4.86. The summed E-state index contributed by atoms with van der Waals surface area (Å²) in [6.07, 6.45) is 0. The number of carbonyl (C=O) groups is 4. The molecule has 0 aromatic carbocycles. The van der Waals surface area contributed by atoms with Crippen LogP contribution in [0.4, 0.5) is 0 Å². The van der Waals surface area contributed by atoms with E-state index < -0.39 is 23.9 Å². The Morgan fingerprint density at radius 2 is 0.750 bits per heavy atom. The fourth-order valence-corrected chi connectivity index (χ4v) is 0. The summed E-state index contributed by atoms with van der Waals surface area (Å²) < 4.78 is 0. The normalized spacial score (nSPS) is 5.42. The number of rotatable bonds is 1. The minimum Gasteiger partial charge on any atom is -1.00 e. The van der Waals surface area contributed by atoms with Gasteiger partial charge in [-0.3, -0.25) is 25.7 Å². The Morgan fingerprint density at radius 3 is 0.750 bits per heavy atom. The van der Waals surface area contributed by atoms with Gasteiger partial charge in [0.2, 0.25) is 0 Å². The van der Waals surface area contributed by atoms with Crippen LogP contribution in [0.2, 0.25) is 0 Å². The van der Waals surface area contributed by atoms with Gasteiger partial charge in [-0.05, 0) is 0 Å². The molecule has 0 rings (SSSR count). The molecule has 0 aromatic heterocycles. The van der Waals surface area contributed by atoms with Crippen LogP contribution >= 0.6 is 0 Å². The Morgan fingerprint density at radius 1 is 0.708 bits per heavy atom. The number of hydrogen-bond acceptors (Lipinski definition) is 6. The van der Waals surface area contributed by atoms with Crippen molar-refractivity contribution in [3.05, 3.63) is 6.54 Å². The van der Waals surface area contributed by atoms with Crippen molar-refractivity contribution in [1.29, 1.82) is 0 Å². The van der Waals surface area contributed by atoms with Crippen LogP contribution in [-0.4, -0.2) is 50.8 Å². The Labute approximate surface area is 194 Å². The largest absolute Gasteiger partial charge is 1.00 e. The number of carboxylic acid groups (broad SMARTS) is 4. The quantitative estimate of drug-likeness (QED) is 0.198. The predicted octanol–water partition coefficient (Wildman–Crippen LogP) is -12.2. The molecule has 0 aliphatic carbocycles. The third kappa shape index (κ3) is 7040. The van der Waals surface area contributed by atoms with E-state index in [4.69, 9.17) is 51.1 Å². The van der Waals surface area contributed by atoms with E-state index in [0.717, 1.165) is 27.7 Å². The molecule has 8 N–H and O–H groups in total. The zero-order valence-corrected chi connectivity index (χ0v) is 15.9. The molecule has 0 atom stereocenters. The first-order valence-corrected chi connectivity index (χ1v) is 4.86. The van der Waals surface area contributed by atoms with Gasteiger partial charge in [-0.25, -0.2) is 0 Å². The van der Waals surface area contributed by atoms with Gasteiger partial charge < -0.3 is 36.2 Å².